The summed E-state index contributed by atoms with van der Waals surface area (Å²) in [7, 11) is 0. The SMILES string of the molecule is [Br-].[Br-].[Br][Cu][Br].[Br][Cu][Br].[Br][Cu][Br].[Br][Cu][Br].[Br][Cu][Br].[Br][Cu][Br].[Br][Cu][Br].[Li+].[Na+]. The molecule has 0 saturated heterocycles. The predicted molar refractivity (Wildman–Crippen MR) is 125 cm³/mol. The van der Waals surface area contributed by atoms with Crippen molar-refractivity contribution >= 4 is 198 Å². The van der Waals surface area contributed by atoms with Crippen molar-refractivity contribution in [2.24, 2.45) is 0 Å². The average Bonchev–Trinajstić information content (AvgIpc) is 2.35. The summed E-state index contributed by atoms with van der Waals surface area (Å²) in [5.41, 5.74) is 0. The van der Waals surface area contributed by atoms with E-state index in [0.717, 1.165) is 0 Å². The van der Waals surface area contributed by atoms with Gasteiger partial charge in [-0.25, -0.2) is 0 Å². The van der Waals surface area contributed by atoms with Crippen LogP contribution in [0.5, 0.6) is 0 Å². The minimum absolute atomic E-state index is 0. The summed E-state index contributed by atoms with van der Waals surface area (Å²) in [5, 5.41) is 0. The van der Waals surface area contributed by atoms with Gasteiger partial charge in [0.1, 0.15) is 0 Å². The first-order valence-electron chi connectivity index (χ1n) is 1.60. The predicted octanol–water partition coefficient (Wildman–Crippen LogP) is -0.163. The van der Waals surface area contributed by atoms with Gasteiger partial charge in [0.25, 0.3) is 0 Å². The van der Waals surface area contributed by atoms with Crippen molar-refractivity contribution < 1.29 is 162 Å². The summed E-state index contributed by atoms with van der Waals surface area (Å²) in [6.45, 7) is 0. The molecule has 191 valence electrons. The largest absolute Gasteiger partial charge is 1.00 e. The van der Waals surface area contributed by atoms with Crippen LogP contribution in [0.1, 0.15) is 0 Å². The van der Waals surface area contributed by atoms with Gasteiger partial charge in [-0.05, 0) is 0 Å². The van der Waals surface area contributed by atoms with E-state index in [4.69, 9.17) is 0 Å². The summed E-state index contributed by atoms with van der Waals surface area (Å²) in [4.78, 5) is 0. The zero-order valence-corrected chi connectivity index (χ0v) is 44.1. The normalized spacial score (nSPS) is 6.16. The summed E-state index contributed by atoms with van der Waals surface area (Å²) in [5.74, 6) is 0. The molecule has 25 heavy (non-hydrogen) atoms. The van der Waals surface area contributed by atoms with E-state index in [-0.39, 0.29) is 82.4 Å². The Morgan fingerprint density at radius 2 is 0.280 bits per heavy atom. The van der Waals surface area contributed by atoms with Crippen LogP contribution in [0.3, 0.4) is 0 Å². The second-order valence-electron chi connectivity index (χ2n) is 0.302. The molecule has 0 atom stereocenters. The first-order valence-corrected chi connectivity index (χ1v) is 34.2. The van der Waals surface area contributed by atoms with Crippen LogP contribution in [0.15, 0.2) is 0 Å². The summed E-state index contributed by atoms with van der Waals surface area (Å²) >= 11 is 51.6. The van der Waals surface area contributed by atoms with Crippen LogP contribution in [0.25, 0.3) is 0 Å². The standard InChI is InChI=1S/16BrH.7Cu.Li.Na/h16*1H;;;;;;;;;/q;;;;;;;;;;;;;;;;7*+2;2*+1/p-16. The van der Waals surface area contributed by atoms with E-state index < -0.39 is 0 Å². The Bertz CT molecular complexity index is 52.1. The van der Waals surface area contributed by atoms with Crippen LogP contribution in [0, 0.1) is 0 Å². The van der Waals surface area contributed by atoms with Crippen molar-refractivity contribution in [1.82, 2.24) is 0 Å². The maximum atomic E-state index is 2.97. The van der Waals surface area contributed by atoms with Crippen LogP contribution in [-0.4, -0.2) is 0 Å². The summed E-state index contributed by atoms with van der Waals surface area (Å²) < 4.78 is 0. The fraction of sp³-hybridized carbons (Fsp3) is 0. The molecule has 0 spiro atoms. The summed E-state index contributed by atoms with van der Waals surface area (Å²) in [6, 6.07) is 0. The van der Waals surface area contributed by atoms with E-state index in [9.17, 15) is 0 Å². The van der Waals surface area contributed by atoms with Crippen LogP contribution in [0.4, 0.5) is 0 Å². The van der Waals surface area contributed by atoms with Crippen molar-refractivity contribution in [2.45, 2.75) is 0 Å². The van der Waals surface area contributed by atoms with Gasteiger partial charge in [0, 0.05) is 0 Å². The molecule has 0 aliphatic carbocycles. The Labute approximate surface area is 348 Å². The van der Waals surface area contributed by atoms with E-state index in [1.807, 2.05) is 0 Å². The van der Waals surface area contributed by atoms with Crippen LogP contribution in [-0.2, 0) is 79.4 Å². The molecule has 0 amide bonds. The van der Waals surface area contributed by atoms with Gasteiger partial charge < -0.3 is 34.0 Å². The number of halogens is 16. The molecule has 0 aromatic carbocycles. The molecule has 0 aromatic heterocycles. The molecule has 25 heteroatoms. The Kier molecular flexibility index (Phi) is 343. The zero-order valence-electron chi connectivity index (χ0n) is 10.2. The van der Waals surface area contributed by atoms with Gasteiger partial charge in [0.2, 0.25) is 0 Å². The van der Waals surface area contributed by atoms with Gasteiger partial charge in [0.05, 0.1) is 0 Å². The van der Waals surface area contributed by atoms with Crippen LogP contribution >= 0.6 is 198 Å². The molecule has 0 unspecified atom stereocenters. The molecule has 0 fully saturated rings. The first kappa shape index (κ1) is 71.3. The maximum absolute atomic E-state index is 2.97. The van der Waals surface area contributed by atoms with Crippen molar-refractivity contribution in [1.29, 1.82) is 0 Å². The molecule has 0 bridgehead atoms. The third-order valence-corrected chi connectivity index (χ3v) is 0. The Balaban J connectivity index is -0.00000000990. The number of rotatable bonds is 0. The average molecular weight is 1750 g/mol. The second-order valence-corrected chi connectivity index (χ2v) is 33.6. The van der Waals surface area contributed by atoms with Crippen molar-refractivity contribution in [3.8, 4) is 0 Å². The third-order valence-electron chi connectivity index (χ3n) is 0. The molecule has 0 nitrogen and oxygen atoms in total. The van der Waals surface area contributed by atoms with Crippen molar-refractivity contribution in [3.63, 3.8) is 0 Å². The molecule has 0 heterocycles. The number of hydrogen-bond donors (Lipinski definition) is 0. The van der Waals surface area contributed by atoms with Crippen LogP contribution in [0.2, 0.25) is 0 Å². The molecule has 0 aromatic rings. The van der Waals surface area contributed by atoms with Gasteiger partial charge >= 0.3 is 325 Å². The van der Waals surface area contributed by atoms with Gasteiger partial charge in [0.15, 0.2) is 0 Å². The number of hydrogen-bond acceptors (Lipinski definition) is 0. The van der Waals surface area contributed by atoms with Gasteiger partial charge in [-0.2, -0.15) is 0 Å². The Morgan fingerprint density at radius 1 is 0.280 bits per heavy atom. The fourth-order valence-electron chi connectivity index (χ4n) is 0. The second kappa shape index (κ2) is 120. The molecule has 0 rings (SSSR count). The molecule has 0 aliphatic heterocycles. The molecule has 0 saturated carbocycles. The smallest absolute Gasteiger partial charge is 1.00 e. The van der Waals surface area contributed by atoms with Crippen molar-refractivity contribution in [3.05, 3.63) is 0 Å². The topological polar surface area (TPSA) is 0 Å². The molecule has 0 radical (unpaired) electrons. The van der Waals surface area contributed by atoms with Gasteiger partial charge in [-0.3, -0.25) is 0 Å². The van der Waals surface area contributed by atoms with E-state index in [2.05, 4.69) is 198 Å². The molecular weight excluding hydrogens is 1750 g/mol. The van der Waals surface area contributed by atoms with E-state index in [0.29, 0.717) is 0 Å². The van der Waals surface area contributed by atoms with Gasteiger partial charge in [-0.1, -0.05) is 0 Å². The van der Waals surface area contributed by atoms with Crippen LogP contribution < -0.4 is 82.4 Å². The minimum Gasteiger partial charge on any atom is 1.00 e. The zero-order chi connectivity index (χ0) is 18.9. The first-order chi connectivity index (χ1) is 9.90. The van der Waals surface area contributed by atoms with E-state index in [1.165, 1.54) is 79.4 Å². The maximum Gasteiger partial charge on any atom is 1.00 e. The summed E-state index contributed by atoms with van der Waals surface area (Å²) in [6.07, 6.45) is 0. The molecule has 0 aliphatic rings. The Hall–Kier alpha value is 12.9. The third kappa shape index (κ3) is 270. The van der Waals surface area contributed by atoms with E-state index in [1.54, 1.807) is 0 Å². The fourth-order valence-corrected chi connectivity index (χ4v) is 0. The van der Waals surface area contributed by atoms with Crippen molar-refractivity contribution in [2.75, 3.05) is 0 Å². The minimum atomic E-state index is 0. The monoisotopic (exact) mass is 1730 g/mol. The Morgan fingerprint density at radius 3 is 0.280 bits per heavy atom. The molecule has 0 N–H and O–H groups in total. The molecular formula is Br16Cu7LiNa. The van der Waals surface area contributed by atoms with E-state index >= 15 is 0 Å². The quantitative estimate of drug-likeness (QED) is 0.297. The van der Waals surface area contributed by atoms with Gasteiger partial charge in [-0.15, -0.1) is 0 Å².